The maximum atomic E-state index is 13.7. The third-order valence-electron chi connectivity index (χ3n) is 4.57. The standard InChI is InChI=1S/C20H12BrCl5F3NO/c21-13-5-9(1-3-11(13)18(31)30-16-8-19(16,25)26)2-4-12(20(27,28)29)10-6-14(22)17(24)15(23)7-10/h1-7,12,16H,8H2,(H,30,31)/b4-2+. The predicted octanol–water partition coefficient (Wildman–Crippen LogP) is 8.44. The molecule has 2 nitrogen and oxygen atoms in total. The third kappa shape index (κ3) is 6.04. The molecule has 0 bridgehead atoms. The summed E-state index contributed by atoms with van der Waals surface area (Å²) in [6.07, 6.45) is -1.87. The number of carbonyl (C=O) groups is 1. The van der Waals surface area contributed by atoms with Gasteiger partial charge in [0.1, 0.15) is 4.33 Å². The second-order valence-electron chi connectivity index (χ2n) is 6.91. The smallest absolute Gasteiger partial charge is 0.346 e. The van der Waals surface area contributed by atoms with Gasteiger partial charge in [0.2, 0.25) is 0 Å². The van der Waals surface area contributed by atoms with Crippen LogP contribution in [-0.2, 0) is 0 Å². The van der Waals surface area contributed by atoms with Gasteiger partial charge in [-0.05, 0) is 51.3 Å². The number of allylic oxidation sites excluding steroid dienone is 1. The highest BCUT2D eigenvalue weighted by Gasteiger charge is 2.52. The highest BCUT2D eigenvalue weighted by Crippen LogP contribution is 2.47. The summed E-state index contributed by atoms with van der Waals surface area (Å²) in [4.78, 5) is 12.3. The van der Waals surface area contributed by atoms with E-state index in [2.05, 4.69) is 21.2 Å². The molecule has 2 atom stereocenters. The number of carbonyl (C=O) groups excluding carboxylic acids is 1. The van der Waals surface area contributed by atoms with Gasteiger partial charge in [0.05, 0.1) is 32.6 Å². The predicted molar refractivity (Wildman–Crippen MR) is 124 cm³/mol. The van der Waals surface area contributed by atoms with E-state index in [0.29, 0.717) is 22.0 Å². The molecule has 1 amide bonds. The summed E-state index contributed by atoms with van der Waals surface area (Å²) < 4.78 is 40.4. The lowest BCUT2D eigenvalue weighted by molar-refractivity contribution is -0.139. The lowest BCUT2D eigenvalue weighted by Crippen LogP contribution is -2.28. The van der Waals surface area contributed by atoms with E-state index in [-0.39, 0.29) is 26.7 Å². The summed E-state index contributed by atoms with van der Waals surface area (Å²) in [7, 11) is 0. The number of alkyl halides is 5. The Balaban J connectivity index is 1.83. The van der Waals surface area contributed by atoms with Crippen LogP contribution in [0.15, 0.2) is 40.9 Å². The van der Waals surface area contributed by atoms with E-state index in [9.17, 15) is 18.0 Å². The molecule has 0 aromatic heterocycles. The molecule has 1 saturated carbocycles. The number of amides is 1. The molecule has 3 rings (SSSR count). The van der Waals surface area contributed by atoms with Gasteiger partial charge in [0.15, 0.2) is 0 Å². The molecule has 1 N–H and O–H groups in total. The fourth-order valence-electron chi connectivity index (χ4n) is 2.80. The Kier molecular flexibility index (Phi) is 7.51. The Morgan fingerprint density at radius 2 is 1.74 bits per heavy atom. The third-order valence-corrected chi connectivity index (χ3v) is 7.26. The van der Waals surface area contributed by atoms with Gasteiger partial charge in [0, 0.05) is 10.9 Å². The lowest BCUT2D eigenvalue weighted by atomic mass is 9.97. The fourth-order valence-corrected chi connectivity index (χ4v) is 4.40. The second kappa shape index (κ2) is 9.32. The Bertz CT molecular complexity index is 1030. The molecule has 0 heterocycles. The number of hydrogen-bond donors (Lipinski definition) is 1. The summed E-state index contributed by atoms with van der Waals surface area (Å²) >= 11 is 32.7. The van der Waals surface area contributed by atoms with Crippen LogP contribution in [0.1, 0.15) is 33.8 Å². The van der Waals surface area contributed by atoms with E-state index >= 15 is 0 Å². The SMILES string of the molecule is O=C(NC1CC1(Cl)Cl)c1ccc(/C=C/C(c2cc(Cl)c(Cl)c(Cl)c2)C(F)(F)F)cc1Br. The van der Waals surface area contributed by atoms with Crippen LogP contribution in [0, 0.1) is 0 Å². The summed E-state index contributed by atoms with van der Waals surface area (Å²) in [6.45, 7) is 0. The Labute approximate surface area is 209 Å². The minimum absolute atomic E-state index is 0.0124. The number of nitrogens with one attached hydrogen (secondary N) is 1. The van der Waals surface area contributed by atoms with Crippen molar-refractivity contribution in [3.8, 4) is 0 Å². The summed E-state index contributed by atoms with van der Waals surface area (Å²) in [5.41, 5.74) is 0.601. The Morgan fingerprint density at radius 3 is 2.23 bits per heavy atom. The molecular weight excluding hydrogens is 584 g/mol. The largest absolute Gasteiger partial charge is 0.399 e. The monoisotopic (exact) mass is 593 g/mol. The van der Waals surface area contributed by atoms with E-state index in [1.54, 1.807) is 0 Å². The minimum Gasteiger partial charge on any atom is -0.346 e. The van der Waals surface area contributed by atoms with Crippen molar-refractivity contribution in [2.75, 3.05) is 0 Å². The number of benzene rings is 2. The van der Waals surface area contributed by atoms with Crippen molar-refractivity contribution in [2.45, 2.75) is 28.9 Å². The van der Waals surface area contributed by atoms with E-state index in [1.165, 1.54) is 24.3 Å². The Hall–Kier alpha value is -0.630. The van der Waals surface area contributed by atoms with Gasteiger partial charge in [0.25, 0.3) is 5.91 Å². The minimum atomic E-state index is -4.59. The first kappa shape index (κ1) is 25.0. The number of rotatable bonds is 5. The van der Waals surface area contributed by atoms with Crippen molar-refractivity contribution in [3.05, 3.63) is 72.6 Å². The molecular formula is C20H12BrCl5F3NO. The molecule has 2 aromatic rings. The summed E-state index contributed by atoms with van der Waals surface area (Å²) in [6, 6.07) is 6.46. The normalized spacial score (nSPS) is 18.8. The molecule has 31 heavy (non-hydrogen) atoms. The zero-order valence-electron chi connectivity index (χ0n) is 15.2. The van der Waals surface area contributed by atoms with Crippen LogP contribution in [0.25, 0.3) is 6.08 Å². The molecule has 2 unspecified atom stereocenters. The first-order chi connectivity index (χ1) is 14.3. The van der Waals surface area contributed by atoms with Crippen molar-refractivity contribution in [2.24, 2.45) is 0 Å². The molecule has 1 aliphatic carbocycles. The average molecular weight is 596 g/mol. The maximum absolute atomic E-state index is 13.7. The molecule has 2 aromatic carbocycles. The molecule has 0 aliphatic heterocycles. The van der Waals surface area contributed by atoms with Gasteiger partial charge < -0.3 is 5.32 Å². The van der Waals surface area contributed by atoms with Crippen LogP contribution in [0.4, 0.5) is 13.2 Å². The first-order valence-electron chi connectivity index (χ1n) is 8.67. The average Bonchev–Trinajstić information content (AvgIpc) is 3.24. The van der Waals surface area contributed by atoms with Crippen LogP contribution in [0.5, 0.6) is 0 Å². The van der Waals surface area contributed by atoms with E-state index in [0.717, 1.165) is 18.2 Å². The van der Waals surface area contributed by atoms with E-state index in [1.807, 2.05) is 0 Å². The maximum Gasteiger partial charge on any atom is 0.399 e. The molecule has 0 saturated heterocycles. The van der Waals surface area contributed by atoms with Gasteiger partial charge in [-0.3, -0.25) is 4.79 Å². The fraction of sp³-hybridized carbons (Fsp3) is 0.250. The van der Waals surface area contributed by atoms with Gasteiger partial charge in [-0.25, -0.2) is 0 Å². The second-order valence-corrected chi connectivity index (χ2v) is 10.5. The lowest BCUT2D eigenvalue weighted by Gasteiger charge is -2.18. The van der Waals surface area contributed by atoms with Crippen LogP contribution >= 0.6 is 73.9 Å². The quantitative estimate of drug-likeness (QED) is 0.273. The molecule has 11 heteroatoms. The van der Waals surface area contributed by atoms with Crippen molar-refractivity contribution in [1.29, 1.82) is 0 Å². The highest BCUT2D eigenvalue weighted by molar-refractivity contribution is 9.10. The number of hydrogen-bond acceptors (Lipinski definition) is 1. The molecule has 1 aliphatic rings. The van der Waals surface area contributed by atoms with Crippen LogP contribution in [0.3, 0.4) is 0 Å². The molecule has 1 fully saturated rings. The van der Waals surface area contributed by atoms with Crippen molar-refractivity contribution < 1.29 is 18.0 Å². The van der Waals surface area contributed by atoms with Crippen LogP contribution in [-0.4, -0.2) is 22.5 Å². The van der Waals surface area contributed by atoms with Gasteiger partial charge in [-0.2, -0.15) is 13.2 Å². The van der Waals surface area contributed by atoms with Gasteiger partial charge in [-0.1, -0.05) is 76.2 Å². The van der Waals surface area contributed by atoms with Crippen molar-refractivity contribution in [3.63, 3.8) is 0 Å². The van der Waals surface area contributed by atoms with Crippen LogP contribution < -0.4 is 5.32 Å². The molecule has 0 radical (unpaired) electrons. The van der Waals surface area contributed by atoms with Crippen molar-refractivity contribution in [1.82, 2.24) is 5.32 Å². The topological polar surface area (TPSA) is 29.1 Å². The molecule has 0 spiro atoms. The summed E-state index contributed by atoms with van der Waals surface area (Å²) in [5.74, 6) is -2.36. The zero-order valence-corrected chi connectivity index (χ0v) is 20.6. The van der Waals surface area contributed by atoms with Crippen molar-refractivity contribution >= 4 is 85.9 Å². The highest BCUT2D eigenvalue weighted by atomic mass is 79.9. The van der Waals surface area contributed by atoms with E-state index in [4.69, 9.17) is 58.0 Å². The van der Waals surface area contributed by atoms with Gasteiger partial charge in [-0.15, -0.1) is 0 Å². The molecule has 166 valence electrons. The van der Waals surface area contributed by atoms with Crippen LogP contribution in [0.2, 0.25) is 15.1 Å². The number of halogens is 9. The van der Waals surface area contributed by atoms with Gasteiger partial charge >= 0.3 is 6.18 Å². The first-order valence-corrected chi connectivity index (χ1v) is 11.4. The Morgan fingerprint density at radius 1 is 1.16 bits per heavy atom. The summed E-state index contributed by atoms with van der Waals surface area (Å²) in [5, 5.41) is 2.54. The zero-order chi connectivity index (χ0) is 23.1. The van der Waals surface area contributed by atoms with E-state index < -0.39 is 22.3 Å².